The van der Waals surface area contributed by atoms with E-state index in [1.54, 1.807) is 26.8 Å². The van der Waals surface area contributed by atoms with E-state index < -0.39 is 136 Å². The molecule has 0 amide bonds. The molecule has 0 radical (unpaired) electrons. The van der Waals surface area contributed by atoms with Gasteiger partial charge in [-0.05, 0) is 38.2 Å². The van der Waals surface area contributed by atoms with Crippen LogP contribution in [0.4, 0.5) is 0 Å². The van der Waals surface area contributed by atoms with Crippen LogP contribution < -0.4 is 0 Å². The highest BCUT2D eigenvalue weighted by Crippen LogP contribution is 2.74. The highest BCUT2D eigenvalue weighted by molar-refractivity contribution is 5.85. The lowest BCUT2D eigenvalue weighted by Gasteiger charge is -2.61. The second kappa shape index (κ2) is 11.8. The molecule has 15 nitrogen and oxygen atoms in total. The quantitative estimate of drug-likeness (QED) is 0.166. The summed E-state index contributed by atoms with van der Waals surface area (Å²) in [7, 11) is 0. The van der Waals surface area contributed by atoms with E-state index in [-0.39, 0.29) is 12.2 Å². The van der Waals surface area contributed by atoms with Gasteiger partial charge >= 0.3 is 35.8 Å². The largest absolute Gasteiger partial charge is 0.481 e. The molecule has 17 atom stereocenters. The Labute approximate surface area is 294 Å². The molecule has 0 bridgehead atoms. The number of aliphatic hydroxyl groups is 1. The molecule has 2 saturated heterocycles. The maximum atomic E-state index is 13.9. The Kier molecular flexibility index (Phi) is 8.57. The normalized spacial score (nSPS) is 49.0. The van der Waals surface area contributed by atoms with Gasteiger partial charge in [-0.3, -0.25) is 24.0 Å². The third kappa shape index (κ3) is 4.92. The lowest BCUT2D eigenvalue weighted by molar-refractivity contribution is -0.249. The number of aldehydes is 1. The Morgan fingerprint density at radius 1 is 0.804 bits per heavy atom. The van der Waals surface area contributed by atoms with E-state index in [0.29, 0.717) is 6.29 Å². The summed E-state index contributed by atoms with van der Waals surface area (Å²) >= 11 is 0. The molecule has 0 aromatic heterocycles. The van der Waals surface area contributed by atoms with E-state index in [1.165, 1.54) is 13.8 Å². The molecule has 2 heterocycles. The SMILES string of the molecule is CC(=O)O[C@@H]1[C@H]2[C@H](C=O)[C@@H]([C@]3(C)[C@@H](C(=O)O)C[C@@H]4O[C@@H]4[C@@H]3OC(C)=O)[C@H](OC(C)=O)[C@H](OC(C)=O)[C@]2(C)[C@@H]2[C@@H]1[C@]1(C)C(=C[C@H]2C)OC(=O)[C@@]1(C)O. The summed E-state index contributed by atoms with van der Waals surface area (Å²) in [6, 6.07) is 0. The number of carboxylic acid groups (broad SMARTS) is 1. The van der Waals surface area contributed by atoms with Gasteiger partial charge in [0.25, 0.3) is 0 Å². The first kappa shape index (κ1) is 36.9. The van der Waals surface area contributed by atoms with Crippen LogP contribution >= 0.6 is 0 Å². The van der Waals surface area contributed by atoms with Crippen molar-refractivity contribution >= 4 is 42.1 Å². The van der Waals surface area contributed by atoms with E-state index in [0.717, 1.165) is 20.8 Å². The van der Waals surface area contributed by atoms with Crippen molar-refractivity contribution in [1.29, 1.82) is 0 Å². The minimum Gasteiger partial charge on any atom is -0.481 e. The summed E-state index contributed by atoms with van der Waals surface area (Å²) in [6.45, 7) is 12.6. The number of ether oxygens (including phenoxy) is 6. The molecule has 2 aliphatic heterocycles. The van der Waals surface area contributed by atoms with Gasteiger partial charge in [-0.25, -0.2) is 4.79 Å². The summed E-state index contributed by atoms with van der Waals surface area (Å²) in [4.78, 5) is 92.1. The minimum absolute atomic E-state index is 0.0212. The number of aliphatic carboxylic acids is 1. The number of carboxylic acids is 1. The van der Waals surface area contributed by atoms with Gasteiger partial charge in [0.15, 0.2) is 5.60 Å². The second-order valence-electron chi connectivity index (χ2n) is 16.1. The van der Waals surface area contributed by atoms with Crippen molar-refractivity contribution in [1.82, 2.24) is 0 Å². The highest BCUT2D eigenvalue weighted by atomic mass is 16.6. The number of esters is 5. The maximum Gasteiger partial charge on any atom is 0.343 e. The maximum absolute atomic E-state index is 13.9. The van der Waals surface area contributed by atoms with Crippen LogP contribution in [-0.2, 0) is 62.0 Å². The molecule has 0 aromatic rings. The predicted molar refractivity (Wildman–Crippen MR) is 168 cm³/mol. The van der Waals surface area contributed by atoms with Gasteiger partial charge in [-0.15, -0.1) is 0 Å². The molecule has 4 aliphatic carbocycles. The van der Waals surface area contributed by atoms with E-state index in [9.17, 15) is 43.8 Å². The Morgan fingerprint density at radius 2 is 1.33 bits per heavy atom. The van der Waals surface area contributed by atoms with Crippen LogP contribution in [0, 0.1) is 57.7 Å². The standard InChI is InChI=1S/C36H46O15/c1-13-10-21-35(8,36(9,45)32(44)51-21)25-22(13)34(7)23(27(25)46-14(2)38)18(12-37)24(28(47-15(3)39)30(34)49-17(5)41)33(6)19(31(42)43)11-20-26(50-20)29(33)48-16(4)40/h10,12-13,18-20,22-30,45H,11H2,1-9H3,(H,42,43)/t13-,18+,19-,20+,22+,23-,24-,25+,26+,27-,28+,29+,30+,33+,34-,35+,36-/m1/s1. The molecule has 6 rings (SSSR count). The Morgan fingerprint density at radius 3 is 1.86 bits per heavy atom. The number of allylic oxidation sites excluding steroid dienone is 1. The molecular weight excluding hydrogens is 672 g/mol. The molecule has 2 N–H and O–H groups in total. The number of carbonyl (C=O) groups excluding carboxylic acids is 6. The number of carbonyl (C=O) groups is 7. The fraction of sp³-hybridized carbons (Fsp3) is 0.750. The first-order valence-electron chi connectivity index (χ1n) is 17.3. The number of epoxide rings is 1. The molecule has 6 aliphatic rings. The van der Waals surface area contributed by atoms with Gasteiger partial charge in [0.2, 0.25) is 0 Å². The summed E-state index contributed by atoms with van der Waals surface area (Å²) < 4.78 is 35.7. The topological polar surface area (TPSA) is 219 Å². The number of hydrogen-bond donors (Lipinski definition) is 2. The molecule has 0 spiro atoms. The zero-order valence-electron chi connectivity index (χ0n) is 30.1. The average Bonchev–Trinajstić information content (AvgIpc) is 3.69. The van der Waals surface area contributed by atoms with Crippen LogP contribution in [-0.4, -0.2) is 94.5 Å². The molecular formula is C36H46O15. The Hall–Kier alpha value is -3.85. The molecule has 3 saturated carbocycles. The summed E-state index contributed by atoms with van der Waals surface area (Å²) in [5.41, 5.74) is -6.78. The van der Waals surface area contributed by atoms with E-state index in [2.05, 4.69) is 0 Å². The van der Waals surface area contributed by atoms with Gasteiger partial charge in [0.1, 0.15) is 42.6 Å². The number of hydrogen-bond acceptors (Lipinski definition) is 14. The van der Waals surface area contributed by atoms with Gasteiger partial charge in [-0.1, -0.05) is 20.8 Å². The fourth-order valence-corrected chi connectivity index (χ4v) is 11.6. The van der Waals surface area contributed by atoms with E-state index >= 15 is 0 Å². The zero-order valence-corrected chi connectivity index (χ0v) is 30.1. The number of rotatable bonds is 7. The lowest BCUT2D eigenvalue weighted by Crippen LogP contribution is -2.70. The summed E-state index contributed by atoms with van der Waals surface area (Å²) in [5, 5.41) is 22.6. The molecule has 0 unspecified atom stereocenters. The zero-order chi connectivity index (χ0) is 37.9. The van der Waals surface area contributed by atoms with Gasteiger partial charge < -0.3 is 43.4 Å². The van der Waals surface area contributed by atoms with E-state index in [1.807, 2.05) is 6.92 Å². The lowest BCUT2D eigenvalue weighted by atomic mass is 9.45. The highest BCUT2D eigenvalue weighted by Gasteiger charge is 2.82. The van der Waals surface area contributed by atoms with Crippen molar-refractivity contribution < 1.29 is 72.2 Å². The van der Waals surface area contributed by atoms with Crippen LogP contribution in [0.25, 0.3) is 0 Å². The molecule has 0 aromatic carbocycles. The third-order valence-electron chi connectivity index (χ3n) is 13.5. The van der Waals surface area contributed by atoms with Crippen LogP contribution in [0.1, 0.15) is 68.7 Å². The molecule has 15 heteroatoms. The van der Waals surface area contributed by atoms with Crippen molar-refractivity contribution in [3.63, 3.8) is 0 Å². The average molecular weight is 719 g/mol. The van der Waals surface area contributed by atoms with Crippen molar-refractivity contribution in [2.45, 2.75) is 111 Å². The fourth-order valence-electron chi connectivity index (χ4n) is 11.6. The van der Waals surface area contributed by atoms with Crippen molar-refractivity contribution in [3.05, 3.63) is 11.8 Å². The first-order chi connectivity index (χ1) is 23.6. The van der Waals surface area contributed by atoms with Gasteiger partial charge in [-0.2, -0.15) is 0 Å². The van der Waals surface area contributed by atoms with Crippen LogP contribution in [0.3, 0.4) is 0 Å². The van der Waals surface area contributed by atoms with Crippen LogP contribution in [0.5, 0.6) is 0 Å². The van der Waals surface area contributed by atoms with Crippen molar-refractivity contribution in [2.24, 2.45) is 57.7 Å². The number of fused-ring (bicyclic) bond motifs is 6. The summed E-state index contributed by atoms with van der Waals surface area (Å²) in [6.07, 6.45) is -4.41. The first-order valence-corrected chi connectivity index (χ1v) is 17.3. The smallest absolute Gasteiger partial charge is 0.343 e. The van der Waals surface area contributed by atoms with E-state index in [4.69, 9.17) is 28.4 Å². The predicted octanol–water partition coefficient (Wildman–Crippen LogP) is 1.75. The van der Waals surface area contributed by atoms with Crippen LogP contribution in [0.15, 0.2) is 11.8 Å². The van der Waals surface area contributed by atoms with Crippen molar-refractivity contribution in [2.75, 3.05) is 0 Å². The van der Waals surface area contributed by atoms with Crippen molar-refractivity contribution in [3.8, 4) is 0 Å². The molecule has 280 valence electrons. The Balaban J connectivity index is 1.68. The second-order valence-corrected chi connectivity index (χ2v) is 16.1. The molecule has 51 heavy (non-hydrogen) atoms. The summed E-state index contributed by atoms with van der Waals surface area (Å²) in [5.74, 6) is -12.4. The Bertz CT molecular complexity index is 1620. The monoisotopic (exact) mass is 718 g/mol. The van der Waals surface area contributed by atoms with Crippen LogP contribution in [0.2, 0.25) is 0 Å². The minimum atomic E-state index is -2.14. The molecule has 5 fully saturated rings. The van der Waals surface area contributed by atoms with Gasteiger partial charge in [0.05, 0.1) is 17.4 Å². The van der Waals surface area contributed by atoms with Gasteiger partial charge in [0, 0.05) is 62.2 Å². The third-order valence-corrected chi connectivity index (χ3v) is 13.5.